The van der Waals surface area contributed by atoms with Gasteiger partial charge in [0.15, 0.2) is 0 Å². The maximum atomic E-state index is 12.6. The van der Waals surface area contributed by atoms with E-state index in [1.54, 1.807) is 11.0 Å². The fraction of sp³-hybridized carbons (Fsp3) is 0.381. The van der Waals surface area contributed by atoms with Gasteiger partial charge in [0.25, 0.3) is 0 Å². The van der Waals surface area contributed by atoms with Crippen LogP contribution in [-0.4, -0.2) is 39.3 Å². The summed E-state index contributed by atoms with van der Waals surface area (Å²) in [7, 11) is 0. The molecule has 0 saturated carbocycles. The molecule has 0 atom stereocenters. The molecule has 4 rings (SSSR count). The van der Waals surface area contributed by atoms with Crippen LogP contribution in [0.4, 0.5) is 5.69 Å². The molecule has 3 heterocycles. The number of aromatic nitrogens is 1. The van der Waals surface area contributed by atoms with Gasteiger partial charge in [0.2, 0.25) is 11.8 Å². The number of benzene rings is 1. The summed E-state index contributed by atoms with van der Waals surface area (Å²) in [5, 5.41) is 10.6. The Morgan fingerprint density at radius 2 is 1.93 bits per heavy atom. The fourth-order valence-electron chi connectivity index (χ4n) is 3.75. The van der Waals surface area contributed by atoms with Gasteiger partial charge in [-0.15, -0.1) is 0 Å². The lowest BCUT2D eigenvalue weighted by Crippen LogP contribution is -2.36. The molecular formula is C21H23N3O3S. The van der Waals surface area contributed by atoms with Crippen LogP contribution in [-0.2, 0) is 11.3 Å². The molecule has 0 unspecified atom stereocenters. The number of hydrogen-bond donors (Lipinski definition) is 1. The first-order valence-corrected chi connectivity index (χ1v) is 10.4. The third-order valence-electron chi connectivity index (χ3n) is 5.29. The molecule has 146 valence electrons. The molecule has 6 nitrogen and oxygen atoms in total. The zero-order valence-electron chi connectivity index (χ0n) is 15.9. The van der Waals surface area contributed by atoms with Crippen molar-refractivity contribution >= 4 is 40.3 Å². The van der Waals surface area contributed by atoms with Crippen molar-refractivity contribution in [1.29, 1.82) is 0 Å². The summed E-state index contributed by atoms with van der Waals surface area (Å²) in [6.07, 6.45) is 6.04. The first-order valence-electron chi connectivity index (χ1n) is 9.62. The van der Waals surface area contributed by atoms with Crippen LogP contribution < -0.4 is 4.87 Å². The molecular weight excluding hydrogens is 374 g/mol. The van der Waals surface area contributed by atoms with E-state index in [-0.39, 0.29) is 23.2 Å². The number of nitrogens with zero attached hydrogens (tertiary/aromatic N) is 3. The number of aromatic hydroxyl groups is 1. The Balaban J connectivity index is 1.61. The largest absolute Gasteiger partial charge is 0.493 e. The van der Waals surface area contributed by atoms with Crippen LogP contribution >= 0.6 is 11.3 Å². The van der Waals surface area contributed by atoms with Gasteiger partial charge in [-0.1, -0.05) is 42.4 Å². The van der Waals surface area contributed by atoms with Crippen molar-refractivity contribution in [2.24, 2.45) is 4.99 Å². The highest BCUT2D eigenvalue weighted by molar-refractivity contribution is 7.10. The Bertz CT molecular complexity index is 1020. The lowest BCUT2D eigenvalue weighted by molar-refractivity contribution is -0.131. The van der Waals surface area contributed by atoms with E-state index in [0.717, 1.165) is 72.6 Å². The minimum atomic E-state index is -0.326. The molecule has 1 amide bonds. The lowest BCUT2D eigenvalue weighted by atomic mass is 10.0. The molecule has 28 heavy (non-hydrogen) atoms. The predicted molar refractivity (Wildman–Crippen MR) is 112 cm³/mol. The van der Waals surface area contributed by atoms with Crippen molar-refractivity contribution in [3.8, 4) is 5.88 Å². The molecule has 0 bridgehead atoms. The van der Waals surface area contributed by atoms with Gasteiger partial charge in [-0.3, -0.25) is 19.1 Å². The normalized spacial score (nSPS) is 18.1. The Kier molecular flexibility index (Phi) is 5.17. The maximum absolute atomic E-state index is 12.6. The van der Waals surface area contributed by atoms with Gasteiger partial charge in [0.05, 0.1) is 10.6 Å². The highest BCUT2D eigenvalue weighted by Gasteiger charge is 2.22. The summed E-state index contributed by atoms with van der Waals surface area (Å²) in [5.41, 5.74) is 3.59. The van der Waals surface area contributed by atoms with Crippen molar-refractivity contribution in [1.82, 2.24) is 9.47 Å². The molecule has 2 aromatic rings. The summed E-state index contributed by atoms with van der Waals surface area (Å²) in [5.74, 6) is -0.261. The predicted octanol–water partition coefficient (Wildman–Crippen LogP) is 3.66. The highest BCUT2D eigenvalue weighted by Crippen LogP contribution is 2.37. The van der Waals surface area contributed by atoms with E-state index in [2.05, 4.69) is 4.99 Å². The number of para-hydroxylation sites is 1. The fourth-order valence-corrected chi connectivity index (χ4v) is 4.58. The Labute approximate surface area is 167 Å². The molecule has 2 aliphatic rings. The van der Waals surface area contributed by atoms with Crippen LogP contribution in [0.3, 0.4) is 0 Å². The molecule has 1 fully saturated rings. The summed E-state index contributed by atoms with van der Waals surface area (Å²) >= 11 is 0.953. The Hall–Kier alpha value is -2.67. The number of carbonyl (C=O) groups excluding carboxylic acids is 1. The number of allylic oxidation sites excluding steroid dienone is 1. The van der Waals surface area contributed by atoms with Gasteiger partial charge in [0.1, 0.15) is 6.54 Å². The van der Waals surface area contributed by atoms with E-state index in [1.807, 2.05) is 31.2 Å². The van der Waals surface area contributed by atoms with Crippen LogP contribution in [0.25, 0.3) is 11.6 Å². The van der Waals surface area contributed by atoms with Gasteiger partial charge < -0.3 is 10.0 Å². The van der Waals surface area contributed by atoms with Crippen molar-refractivity contribution in [2.75, 3.05) is 13.1 Å². The second-order valence-electron chi connectivity index (χ2n) is 7.21. The zero-order valence-corrected chi connectivity index (χ0v) is 16.7. The molecule has 1 N–H and O–H groups in total. The smallest absolute Gasteiger partial charge is 0.311 e. The maximum Gasteiger partial charge on any atom is 0.311 e. The standard InChI is InChI=1S/C21H23N3O3S/c1-14-16(15-8-4-5-9-17(15)22-14)12-18-20(26)24(21(27)28-18)13-19(25)23-10-6-2-3-7-11-23/h4-5,8-9,12,26H,2-3,6-7,10-11,13H2,1H3/b16-12+. The van der Waals surface area contributed by atoms with E-state index in [1.165, 1.54) is 4.57 Å². The number of thiazole rings is 1. The summed E-state index contributed by atoms with van der Waals surface area (Å²) < 4.78 is 1.18. The van der Waals surface area contributed by atoms with Crippen molar-refractivity contribution in [3.63, 3.8) is 0 Å². The molecule has 0 spiro atoms. The van der Waals surface area contributed by atoms with Crippen molar-refractivity contribution in [3.05, 3.63) is 44.4 Å². The van der Waals surface area contributed by atoms with Gasteiger partial charge in [-0.25, -0.2) is 0 Å². The van der Waals surface area contributed by atoms with Crippen LogP contribution in [0.2, 0.25) is 0 Å². The van der Waals surface area contributed by atoms with Crippen LogP contribution in [0.5, 0.6) is 5.88 Å². The number of carbonyl (C=O) groups is 1. The minimum absolute atomic E-state index is 0.111. The number of likely N-dealkylation sites (tertiary alicyclic amines) is 1. The number of amides is 1. The highest BCUT2D eigenvalue weighted by atomic mass is 32.1. The third kappa shape index (κ3) is 3.54. The van der Waals surface area contributed by atoms with Crippen molar-refractivity contribution < 1.29 is 9.90 Å². The monoisotopic (exact) mass is 397 g/mol. The molecule has 1 saturated heterocycles. The second-order valence-corrected chi connectivity index (χ2v) is 8.20. The molecule has 1 aromatic carbocycles. The number of fused-ring (bicyclic) bond motifs is 1. The topological polar surface area (TPSA) is 74.9 Å². The Morgan fingerprint density at radius 3 is 2.68 bits per heavy atom. The van der Waals surface area contributed by atoms with Crippen LogP contribution in [0.15, 0.2) is 34.1 Å². The van der Waals surface area contributed by atoms with E-state index in [9.17, 15) is 14.7 Å². The van der Waals surface area contributed by atoms with Gasteiger partial charge in [0, 0.05) is 29.9 Å². The third-order valence-corrected chi connectivity index (χ3v) is 6.21. The average molecular weight is 398 g/mol. The first-order chi connectivity index (χ1) is 13.5. The molecule has 0 aliphatic carbocycles. The molecule has 0 radical (unpaired) electrons. The van der Waals surface area contributed by atoms with Crippen molar-refractivity contribution in [2.45, 2.75) is 39.2 Å². The van der Waals surface area contributed by atoms with Gasteiger partial charge >= 0.3 is 4.87 Å². The van der Waals surface area contributed by atoms with Gasteiger partial charge in [-0.2, -0.15) is 0 Å². The van der Waals surface area contributed by atoms with E-state index in [4.69, 9.17) is 0 Å². The molecule has 1 aromatic heterocycles. The molecule has 2 aliphatic heterocycles. The minimum Gasteiger partial charge on any atom is -0.493 e. The Morgan fingerprint density at radius 1 is 1.21 bits per heavy atom. The van der Waals surface area contributed by atoms with Gasteiger partial charge in [-0.05, 0) is 31.9 Å². The summed E-state index contributed by atoms with van der Waals surface area (Å²) in [4.78, 5) is 31.5. The van der Waals surface area contributed by atoms with E-state index in [0.29, 0.717) is 4.88 Å². The zero-order chi connectivity index (χ0) is 19.7. The second kappa shape index (κ2) is 7.75. The average Bonchev–Trinajstić information content (AvgIpc) is 2.99. The SMILES string of the molecule is CC1=Nc2ccccc2/C1=C/c1sc(=O)n(CC(=O)N2CCCCCC2)c1O. The first kappa shape index (κ1) is 18.7. The summed E-state index contributed by atoms with van der Waals surface area (Å²) in [6.45, 7) is 3.24. The summed E-state index contributed by atoms with van der Waals surface area (Å²) in [6, 6.07) is 7.78. The lowest BCUT2D eigenvalue weighted by Gasteiger charge is -2.20. The number of aliphatic imine (C=N–C) groups is 1. The molecule has 7 heteroatoms. The van der Waals surface area contributed by atoms with Crippen LogP contribution in [0, 0.1) is 0 Å². The van der Waals surface area contributed by atoms with E-state index >= 15 is 0 Å². The van der Waals surface area contributed by atoms with E-state index < -0.39 is 0 Å². The number of hydrogen-bond acceptors (Lipinski definition) is 5. The number of rotatable bonds is 3. The quantitative estimate of drug-likeness (QED) is 0.859. The van der Waals surface area contributed by atoms with Crippen LogP contribution in [0.1, 0.15) is 43.0 Å².